The first-order valence-corrected chi connectivity index (χ1v) is 9.35. The van der Waals surface area contributed by atoms with Crippen molar-refractivity contribution in [3.05, 3.63) is 35.9 Å². The summed E-state index contributed by atoms with van der Waals surface area (Å²) in [5.41, 5.74) is 0.319. The highest BCUT2D eigenvalue weighted by Gasteiger charge is 2.37. The Morgan fingerprint density at radius 2 is 1.85 bits per heavy atom. The van der Waals surface area contributed by atoms with Crippen molar-refractivity contribution in [1.82, 2.24) is 15.5 Å². The quantitative estimate of drug-likeness (QED) is 0.784. The molecule has 0 unspecified atom stereocenters. The van der Waals surface area contributed by atoms with Crippen LogP contribution in [0.2, 0.25) is 0 Å². The van der Waals surface area contributed by atoms with Crippen molar-refractivity contribution < 1.29 is 14.3 Å². The van der Waals surface area contributed by atoms with Gasteiger partial charge in [0.15, 0.2) is 0 Å². The molecule has 3 amide bonds. The van der Waals surface area contributed by atoms with Crippen LogP contribution in [-0.2, 0) is 4.74 Å². The van der Waals surface area contributed by atoms with Gasteiger partial charge in [0, 0.05) is 44.5 Å². The number of likely N-dealkylation sites (tertiary alicyclic amines) is 1. The van der Waals surface area contributed by atoms with Gasteiger partial charge in [0.25, 0.3) is 5.91 Å². The number of carbonyl (C=O) groups is 2. The van der Waals surface area contributed by atoms with E-state index in [1.165, 1.54) is 0 Å². The second-order valence-corrected chi connectivity index (χ2v) is 7.41. The minimum atomic E-state index is -0.336. The maximum atomic E-state index is 12.6. The van der Waals surface area contributed by atoms with Crippen LogP contribution >= 0.6 is 0 Å². The Morgan fingerprint density at radius 1 is 1.19 bits per heavy atom. The van der Waals surface area contributed by atoms with Crippen molar-refractivity contribution >= 4 is 11.9 Å². The highest BCUT2D eigenvalue weighted by molar-refractivity contribution is 5.94. The predicted octanol–water partition coefficient (Wildman–Crippen LogP) is 2.65. The van der Waals surface area contributed by atoms with E-state index in [0.717, 1.165) is 19.3 Å². The van der Waals surface area contributed by atoms with E-state index in [4.69, 9.17) is 4.74 Å². The molecule has 6 heteroatoms. The molecule has 0 aliphatic carbocycles. The van der Waals surface area contributed by atoms with Gasteiger partial charge in [-0.25, -0.2) is 4.79 Å². The molecule has 26 heavy (non-hydrogen) atoms. The molecule has 0 saturated carbocycles. The fraction of sp³-hybridized carbons (Fsp3) is 0.600. The zero-order valence-corrected chi connectivity index (χ0v) is 16.1. The van der Waals surface area contributed by atoms with Crippen LogP contribution in [0.5, 0.6) is 0 Å². The molecule has 1 aromatic carbocycles. The largest absolute Gasteiger partial charge is 0.385 e. The van der Waals surface area contributed by atoms with E-state index in [1.54, 1.807) is 7.11 Å². The van der Waals surface area contributed by atoms with E-state index in [9.17, 15) is 9.59 Å². The summed E-state index contributed by atoms with van der Waals surface area (Å²) < 4.78 is 5.25. The topological polar surface area (TPSA) is 70.7 Å². The summed E-state index contributed by atoms with van der Waals surface area (Å²) in [7, 11) is 1.67. The lowest BCUT2D eigenvalue weighted by molar-refractivity contribution is 0.0745. The Kier molecular flexibility index (Phi) is 7.45. The third kappa shape index (κ3) is 5.73. The van der Waals surface area contributed by atoms with Gasteiger partial charge < -0.3 is 20.3 Å². The van der Waals surface area contributed by atoms with Gasteiger partial charge in [0.05, 0.1) is 0 Å². The highest BCUT2D eigenvalue weighted by Crippen LogP contribution is 2.26. The highest BCUT2D eigenvalue weighted by atomic mass is 16.5. The van der Waals surface area contributed by atoms with Gasteiger partial charge in [-0.2, -0.15) is 0 Å². The molecular formula is C20H31N3O3. The Hall–Kier alpha value is -2.08. The Labute approximate surface area is 156 Å². The molecule has 144 valence electrons. The number of rotatable bonds is 7. The van der Waals surface area contributed by atoms with E-state index < -0.39 is 0 Å². The summed E-state index contributed by atoms with van der Waals surface area (Å²) in [6, 6.07) is 9.22. The normalized spacial score (nSPS) is 16.4. The third-order valence-electron chi connectivity index (χ3n) is 4.87. The van der Waals surface area contributed by atoms with Crippen molar-refractivity contribution in [1.29, 1.82) is 0 Å². The lowest BCUT2D eigenvalue weighted by Crippen LogP contribution is -2.57. The second-order valence-electron chi connectivity index (χ2n) is 7.41. The van der Waals surface area contributed by atoms with E-state index in [-0.39, 0.29) is 17.5 Å². The smallest absolute Gasteiger partial charge is 0.317 e. The average Bonchev–Trinajstić information content (AvgIpc) is 2.65. The van der Waals surface area contributed by atoms with Crippen LogP contribution in [-0.4, -0.2) is 55.7 Å². The number of urea groups is 1. The van der Waals surface area contributed by atoms with Crippen LogP contribution in [0, 0.1) is 5.92 Å². The Balaban J connectivity index is 1.98. The van der Waals surface area contributed by atoms with Gasteiger partial charge in [-0.1, -0.05) is 32.0 Å². The van der Waals surface area contributed by atoms with E-state index in [1.807, 2.05) is 35.2 Å². The predicted molar refractivity (Wildman–Crippen MR) is 102 cm³/mol. The maximum Gasteiger partial charge on any atom is 0.317 e. The number of hydrogen-bond donors (Lipinski definition) is 2. The SMILES string of the molecule is COCCC1(NC(=O)c2ccccc2)CCN(C(=O)NCC(C)C)CC1. The molecule has 1 aromatic rings. The number of benzene rings is 1. The first-order valence-electron chi connectivity index (χ1n) is 9.35. The van der Waals surface area contributed by atoms with Gasteiger partial charge in [-0.3, -0.25) is 4.79 Å². The lowest BCUT2D eigenvalue weighted by atomic mass is 9.84. The van der Waals surface area contributed by atoms with Crippen LogP contribution in [0.3, 0.4) is 0 Å². The fourth-order valence-electron chi connectivity index (χ4n) is 3.18. The van der Waals surface area contributed by atoms with Gasteiger partial charge in [0.1, 0.15) is 0 Å². The molecule has 0 aromatic heterocycles. The van der Waals surface area contributed by atoms with Gasteiger partial charge in [0.2, 0.25) is 0 Å². The number of amides is 3. The van der Waals surface area contributed by atoms with Crippen LogP contribution < -0.4 is 10.6 Å². The molecule has 2 N–H and O–H groups in total. The molecule has 0 radical (unpaired) electrons. The molecule has 1 aliphatic rings. The Morgan fingerprint density at radius 3 is 2.42 bits per heavy atom. The molecule has 6 nitrogen and oxygen atoms in total. The zero-order valence-electron chi connectivity index (χ0n) is 16.1. The molecule has 1 fully saturated rings. The summed E-state index contributed by atoms with van der Waals surface area (Å²) in [6.45, 7) is 6.66. The summed E-state index contributed by atoms with van der Waals surface area (Å²) in [4.78, 5) is 26.7. The monoisotopic (exact) mass is 361 g/mol. The van der Waals surface area contributed by atoms with Crippen molar-refractivity contribution in [3.8, 4) is 0 Å². The lowest BCUT2D eigenvalue weighted by Gasteiger charge is -2.42. The van der Waals surface area contributed by atoms with Crippen molar-refractivity contribution in [2.75, 3.05) is 33.4 Å². The van der Waals surface area contributed by atoms with Gasteiger partial charge >= 0.3 is 6.03 Å². The molecule has 0 atom stereocenters. The fourth-order valence-corrected chi connectivity index (χ4v) is 3.18. The molecule has 1 saturated heterocycles. The molecule has 0 bridgehead atoms. The molecular weight excluding hydrogens is 330 g/mol. The molecule has 1 aliphatic heterocycles. The van der Waals surface area contributed by atoms with E-state index >= 15 is 0 Å². The number of nitrogens with one attached hydrogen (secondary N) is 2. The van der Waals surface area contributed by atoms with Crippen molar-refractivity contribution in [2.45, 2.75) is 38.6 Å². The number of methoxy groups -OCH3 is 1. The van der Waals surface area contributed by atoms with Crippen LogP contribution in [0.4, 0.5) is 4.79 Å². The first kappa shape index (κ1) is 20.2. The zero-order chi connectivity index (χ0) is 19.0. The first-order chi connectivity index (χ1) is 12.5. The number of piperidine rings is 1. The van der Waals surface area contributed by atoms with Crippen LogP contribution in [0.15, 0.2) is 30.3 Å². The minimum absolute atomic E-state index is 0.0200. The summed E-state index contributed by atoms with van der Waals surface area (Å²) in [6.07, 6.45) is 2.19. The van der Waals surface area contributed by atoms with Gasteiger partial charge in [-0.15, -0.1) is 0 Å². The summed E-state index contributed by atoms with van der Waals surface area (Å²) in [5, 5.41) is 6.18. The molecule has 1 heterocycles. The second kappa shape index (κ2) is 9.57. The summed E-state index contributed by atoms with van der Waals surface area (Å²) in [5.74, 6) is 0.356. The standard InChI is InChI=1S/C20H31N3O3/c1-16(2)15-21-19(25)23-12-9-20(10-13-23,11-14-26-3)22-18(24)17-7-5-4-6-8-17/h4-8,16H,9-15H2,1-3H3,(H,21,25)(H,22,24). The van der Waals surface area contributed by atoms with Crippen molar-refractivity contribution in [2.24, 2.45) is 5.92 Å². The maximum absolute atomic E-state index is 12.6. The van der Waals surface area contributed by atoms with Crippen LogP contribution in [0.25, 0.3) is 0 Å². The Bertz CT molecular complexity index is 581. The number of hydrogen-bond acceptors (Lipinski definition) is 3. The van der Waals surface area contributed by atoms with Gasteiger partial charge in [-0.05, 0) is 37.3 Å². The summed E-state index contributed by atoms with van der Waals surface area (Å²) >= 11 is 0. The number of ether oxygens (including phenoxy) is 1. The van der Waals surface area contributed by atoms with Crippen LogP contribution in [0.1, 0.15) is 43.5 Å². The van der Waals surface area contributed by atoms with Crippen molar-refractivity contribution in [3.63, 3.8) is 0 Å². The molecule has 2 rings (SSSR count). The number of nitrogens with zero attached hydrogens (tertiary/aromatic N) is 1. The number of carbonyl (C=O) groups excluding carboxylic acids is 2. The van der Waals surface area contributed by atoms with E-state index in [0.29, 0.717) is 37.7 Å². The third-order valence-corrected chi connectivity index (χ3v) is 4.87. The average molecular weight is 361 g/mol. The molecule has 0 spiro atoms. The van der Waals surface area contributed by atoms with E-state index in [2.05, 4.69) is 24.5 Å². The minimum Gasteiger partial charge on any atom is -0.385 e.